The number of nitrogens with zero attached hydrogens (tertiary/aromatic N) is 1. The second-order valence-corrected chi connectivity index (χ2v) is 4.64. The molecule has 124 valence electrons. The van der Waals surface area contributed by atoms with Gasteiger partial charge in [0, 0.05) is 13.6 Å². The zero-order valence-electron chi connectivity index (χ0n) is 13.0. The van der Waals surface area contributed by atoms with E-state index in [4.69, 9.17) is 4.74 Å². The Morgan fingerprint density at radius 3 is 2.39 bits per heavy atom. The Balaban J connectivity index is 0.00000264. The zero-order chi connectivity index (χ0) is 15.6. The van der Waals surface area contributed by atoms with E-state index in [-0.39, 0.29) is 29.8 Å². The molecule has 0 amide bonds. The van der Waals surface area contributed by atoms with Gasteiger partial charge in [0.25, 0.3) is 0 Å². The standard InChI is InChI=1S/C17H20FN3O.HI/c1-19-17(21-13-14-7-9-15(18)10-8-14)20-11-12-22-16-5-3-2-4-6-16;/h2-10H,11-13H2,1H3,(H2,19,20,21);1H. The lowest BCUT2D eigenvalue weighted by Crippen LogP contribution is -2.38. The molecule has 0 radical (unpaired) electrons. The fourth-order valence-corrected chi connectivity index (χ4v) is 1.86. The number of nitrogens with one attached hydrogen (secondary N) is 2. The molecule has 2 N–H and O–H groups in total. The van der Waals surface area contributed by atoms with Gasteiger partial charge in [-0.1, -0.05) is 30.3 Å². The lowest BCUT2D eigenvalue weighted by atomic mass is 10.2. The maximum Gasteiger partial charge on any atom is 0.191 e. The predicted molar refractivity (Wildman–Crippen MR) is 102 cm³/mol. The first-order chi connectivity index (χ1) is 10.8. The molecule has 2 aromatic carbocycles. The van der Waals surface area contributed by atoms with Gasteiger partial charge in [0.2, 0.25) is 0 Å². The number of benzene rings is 2. The highest BCUT2D eigenvalue weighted by Gasteiger charge is 1.99. The van der Waals surface area contributed by atoms with Crippen molar-refractivity contribution >= 4 is 29.9 Å². The third-order valence-electron chi connectivity index (χ3n) is 3.00. The number of rotatable bonds is 6. The van der Waals surface area contributed by atoms with Crippen molar-refractivity contribution in [1.29, 1.82) is 0 Å². The van der Waals surface area contributed by atoms with Crippen LogP contribution in [0.1, 0.15) is 5.56 Å². The average molecular weight is 429 g/mol. The summed E-state index contributed by atoms with van der Waals surface area (Å²) >= 11 is 0. The van der Waals surface area contributed by atoms with Crippen molar-refractivity contribution in [2.75, 3.05) is 20.2 Å². The van der Waals surface area contributed by atoms with Crippen LogP contribution in [0.3, 0.4) is 0 Å². The Morgan fingerprint density at radius 1 is 1.04 bits per heavy atom. The van der Waals surface area contributed by atoms with Crippen molar-refractivity contribution in [1.82, 2.24) is 10.6 Å². The third-order valence-corrected chi connectivity index (χ3v) is 3.00. The van der Waals surface area contributed by atoms with Crippen molar-refractivity contribution in [3.05, 3.63) is 66.0 Å². The van der Waals surface area contributed by atoms with Crippen LogP contribution in [-0.4, -0.2) is 26.2 Å². The number of halogens is 2. The van der Waals surface area contributed by atoms with E-state index in [1.165, 1.54) is 12.1 Å². The summed E-state index contributed by atoms with van der Waals surface area (Å²) < 4.78 is 18.4. The molecule has 4 nitrogen and oxygen atoms in total. The fourth-order valence-electron chi connectivity index (χ4n) is 1.86. The molecule has 0 atom stereocenters. The van der Waals surface area contributed by atoms with Crippen molar-refractivity contribution in [3.8, 4) is 5.75 Å². The van der Waals surface area contributed by atoms with Gasteiger partial charge in [-0.15, -0.1) is 24.0 Å². The highest BCUT2D eigenvalue weighted by molar-refractivity contribution is 14.0. The molecule has 0 bridgehead atoms. The average Bonchev–Trinajstić information content (AvgIpc) is 2.57. The van der Waals surface area contributed by atoms with Gasteiger partial charge in [-0.2, -0.15) is 0 Å². The first-order valence-corrected chi connectivity index (χ1v) is 7.15. The monoisotopic (exact) mass is 429 g/mol. The number of ether oxygens (including phenoxy) is 1. The van der Waals surface area contributed by atoms with Crippen molar-refractivity contribution in [2.45, 2.75) is 6.54 Å². The van der Waals surface area contributed by atoms with Gasteiger partial charge in [-0.25, -0.2) is 4.39 Å². The first-order valence-electron chi connectivity index (χ1n) is 7.15. The van der Waals surface area contributed by atoms with Gasteiger partial charge in [-0.05, 0) is 29.8 Å². The maximum absolute atomic E-state index is 12.8. The predicted octanol–water partition coefficient (Wildman–Crippen LogP) is 3.19. The Hall–Kier alpha value is -1.83. The van der Waals surface area contributed by atoms with Crippen LogP contribution >= 0.6 is 24.0 Å². The van der Waals surface area contributed by atoms with E-state index >= 15 is 0 Å². The summed E-state index contributed by atoms with van der Waals surface area (Å²) in [5, 5.41) is 6.33. The summed E-state index contributed by atoms with van der Waals surface area (Å²) in [6, 6.07) is 16.0. The Bertz CT molecular complexity index is 591. The molecule has 0 aliphatic rings. The molecule has 0 saturated heterocycles. The normalized spacial score (nSPS) is 10.6. The summed E-state index contributed by atoms with van der Waals surface area (Å²) in [5.41, 5.74) is 0.991. The molecule has 23 heavy (non-hydrogen) atoms. The van der Waals surface area contributed by atoms with Gasteiger partial charge in [0.15, 0.2) is 5.96 Å². The second kappa shape index (κ2) is 10.8. The van der Waals surface area contributed by atoms with E-state index < -0.39 is 0 Å². The molecular weight excluding hydrogens is 408 g/mol. The van der Waals surface area contributed by atoms with E-state index in [1.54, 1.807) is 19.2 Å². The van der Waals surface area contributed by atoms with Gasteiger partial charge in [0.05, 0.1) is 6.54 Å². The minimum Gasteiger partial charge on any atom is -0.492 e. The van der Waals surface area contributed by atoms with E-state index in [0.29, 0.717) is 25.7 Å². The molecule has 0 aliphatic heterocycles. The molecule has 0 heterocycles. The maximum atomic E-state index is 12.8. The van der Waals surface area contributed by atoms with Crippen molar-refractivity contribution in [2.24, 2.45) is 4.99 Å². The van der Waals surface area contributed by atoms with Crippen LogP contribution in [0.15, 0.2) is 59.6 Å². The van der Waals surface area contributed by atoms with Crippen LogP contribution in [0.2, 0.25) is 0 Å². The Labute approximate surface area is 153 Å². The lowest BCUT2D eigenvalue weighted by Gasteiger charge is -2.12. The van der Waals surface area contributed by atoms with Crippen LogP contribution in [0.4, 0.5) is 4.39 Å². The summed E-state index contributed by atoms with van der Waals surface area (Å²) in [6.45, 7) is 1.76. The Morgan fingerprint density at radius 2 is 1.74 bits per heavy atom. The molecule has 6 heteroatoms. The number of guanidine groups is 1. The summed E-state index contributed by atoms with van der Waals surface area (Å²) in [6.07, 6.45) is 0. The summed E-state index contributed by atoms with van der Waals surface area (Å²) in [4.78, 5) is 4.13. The quantitative estimate of drug-likeness (QED) is 0.321. The fraction of sp³-hybridized carbons (Fsp3) is 0.235. The number of aliphatic imine (C=N–C) groups is 1. The Kier molecular flexibility index (Phi) is 9.04. The molecular formula is C17H21FIN3O. The van der Waals surface area contributed by atoms with Crippen LogP contribution in [-0.2, 0) is 6.54 Å². The summed E-state index contributed by atoms with van der Waals surface area (Å²) in [5.74, 6) is 1.30. The number of para-hydroxylation sites is 1. The second-order valence-electron chi connectivity index (χ2n) is 4.64. The molecule has 0 spiro atoms. The molecule has 2 aromatic rings. The molecule has 2 rings (SSSR count). The van der Waals surface area contributed by atoms with E-state index in [2.05, 4.69) is 15.6 Å². The van der Waals surface area contributed by atoms with Gasteiger partial charge in [-0.3, -0.25) is 4.99 Å². The van der Waals surface area contributed by atoms with Crippen LogP contribution in [0.5, 0.6) is 5.75 Å². The van der Waals surface area contributed by atoms with E-state index in [0.717, 1.165) is 11.3 Å². The minimum atomic E-state index is -0.232. The van der Waals surface area contributed by atoms with E-state index in [1.807, 2.05) is 30.3 Å². The topological polar surface area (TPSA) is 45.7 Å². The van der Waals surface area contributed by atoms with Gasteiger partial charge in [0.1, 0.15) is 18.2 Å². The lowest BCUT2D eigenvalue weighted by molar-refractivity contribution is 0.322. The van der Waals surface area contributed by atoms with Crippen LogP contribution in [0, 0.1) is 5.82 Å². The number of hydrogen-bond donors (Lipinski definition) is 2. The smallest absolute Gasteiger partial charge is 0.191 e. The van der Waals surface area contributed by atoms with Crippen molar-refractivity contribution < 1.29 is 9.13 Å². The third kappa shape index (κ3) is 7.32. The molecule has 0 unspecified atom stereocenters. The zero-order valence-corrected chi connectivity index (χ0v) is 15.3. The minimum absolute atomic E-state index is 0. The first kappa shape index (κ1) is 19.2. The largest absolute Gasteiger partial charge is 0.492 e. The summed E-state index contributed by atoms with van der Waals surface area (Å²) in [7, 11) is 1.71. The molecule has 0 aromatic heterocycles. The van der Waals surface area contributed by atoms with Gasteiger partial charge >= 0.3 is 0 Å². The number of hydrogen-bond acceptors (Lipinski definition) is 2. The van der Waals surface area contributed by atoms with Crippen molar-refractivity contribution in [3.63, 3.8) is 0 Å². The molecule has 0 saturated carbocycles. The van der Waals surface area contributed by atoms with Crippen LogP contribution < -0.4 is 15.4 Å². The SMILES string of the molecule is CN=C(NCCOc1ccccc1)NCc1ccc(F)cc1.I. The van der Waals surface area contributed by atoms with Gasteiger partial charge < -0.3 is 15.4 Å². The highest BCUT2D eigenvalue weighted by Crippen LogP contribution is 2.07. The van der Waals surface area contributed by atoms with Crippen LogP contribution in [0.25, 0.3) is 0 Å². The highest BCUT2D eigenvalue weighted by atomic mass is 127. The molecule has 0 aliphatic carbocycles. The van der Waals surface area contributed by atoms with E-state index in [9.17, 15) is 4.39 Å². The molecule has 0 fully saturated rings.